The molecule has 0 bridgehead atoms. The Morgan fingerprint density at radius 2 is 2.13 bits per heavy atom. The normalized spacial score (nSPS) is 46.8. The van der Waals surface area contributed by atoms with E-state index in [1.54, 1.807) is 0 Å². The van der Waals surface area contributed by atoms with Crippen molar-refractivity contribution >= 4 is 0 Å². The molecule has 0 aromatic rings. The van der Waals surface area contributed by atoms with Gasteiger partial charge in [-0.3, -0.25) is 0 Å². The Morgan fingerprint density at radius 3 is 2.87 bits per heavy atom. The highest BCUT2D eigenvalue weighted by Gasteiger charge is 2.46. The monoisotopic (exact) mass is 208 g/mol. The van der Waals surface area contributed by atoms with Crippen LogP contribution in [0.25, 0.3) is 0 Å². The Kier molecular flexibility index (Phi) is 2.33. The van der Waals surface area contributed by atoms with Gasteiger partial charge in [-0.2, -0.15) is 0 Å². The van der Waals surface area contributed by atoms with Gasteiger partial charge in [0.15, 0.2) is 0 Å². The van der Waals surface area contributed by atoms with Crippen LogP contribution in [0.15, 0.2) is 0 Å². The summed E-state index contributed by atoms with van der Waals surface area (Å²) in [5.74, 6) is 1.99. The topological polar surface area (TPSA) is 24.1 Å². The zero-order valence-corrected chi connectivity index (χ0v) is 10.1. The quantitative estimate of drug-likeness (QED) is 0.738. The van der Waals surface area contributed by atoms with Crippen LogP contribution < -0.4 is 10.6 Å². The predicted octanol–water partition coefficient (Wildman–Crippen LogP) is 1.76. The molecule has 86 valence electrons. The van der Waals surface area contributed by atoms with E-state index in [1.165, 1.54) is 38.8 Å². The van der Waals surface area contributed by atoms with Gasteiger partial charge in [0.25, 0.3) is 0 Å². The largest absolute Gasteiger partial charge is 0.312 e. The number of fused-ring (bicyclic) bond motifs is 1. The van der Waals surface area contributed by atoms with E-state index in [1.807, 2.05) is 0 Å². The fourth-order valence-electron chi connectivity index (χ4n) is 3.61. The first-order valence-corrected chi connectivity index (χ1v) is 6.63. The van der Waals surface area contributed by atoms with Gasteiger partial charge >= 0.3 is 0 Å². The lowest BCUT2D eigenvalue weighted by molar-refractivity contribution is 0.385. The van der Waals surface area contributed by atoms with Crippen LogP contribution in [0.4, 0.5) is 0 Å². The van der Waals surface area contributed by atoms with Gasteiger partial charge in [-0.25, -0.2) is 0 Å². The van der Waals surface area contributed by atoms with Gasteiger partial charge in [0.05, 0.1) is 0 Å². The third-order valence-electron chi connectivity index (χ3n) is 4.97. The lowest BCUT2D eigenvalue weighted by atomic mass is 9.94. The highest BCUT2D eigenvalue weighted by molar-refractivity contribution is 5.03. The van der Waals surface area contributed by atoms with E-state index in [-0.39, 0.29) is 0 Å². The Labute approximate surface area is 93.2 Å². The third-order valence-corrected chi connectivity index (χ3v) is 4.97. The van der Waals surface area contributed by atoms with Crippen molar-refractivity contribution in [3.05, 3.63) is 0 Å². The molecule has 0 radical (unpaired) electrons. The van der Waals surface area contributed by atoms with Crippen LogP contribution in [-0.4, -0.2) is 25.2 Å². The molecule has 4 atom stereocenters. The van der Waals surface area contributed by atoms with Gasteiger partial charge in [0, 0.05) is 18.6 Å². The van der Waals surface area contributed by atoms with Crippen LogP contribution >= 0.6 is 0 Å². The van der Waals surface area contributed by atoms with E-state index in [9.17, 15) is 0 Å². The molecule has 0 aromatic heterocycles. The molecular weight excluding hydrogens is 184 g/mol. The fraction of sp³-hybridized carbons (Fsp3) is 1.00. The molecule has 3 fully saturated rings. The Bertz CT molecular complexity index is 249. The Hall–Kier alpha value is -0.0800. The molecular formula is C13H24N2. The molecule has 0 amide bonds. The molecule has 1 aliphatic heterocycles. The summed E-state index contributed by atoms with van der Waals surface area (Å²) < 4.78 is 0. The molecule has 2 nitrogen and oxygen atoms in total. The summed E-state index contributed by atoms with van der Waals surface area (Å²) in [5, 5.41) is 7.45. The van der Waals surface area contributed by atoms with Gasteiger partial charge in [0.2, 0.25) is 0 Å². The van der Waals surface area contributed by atoms with Gasteiger partial charge < -0.3 is 10.6 Å². The van der Waals surface area contributed by atoms with Crippen LogP contribution in [-0.2, 0) is 0 Å². The smallest absolute Gasteiger partial charge is 0.0224 e. The van der Waals surface area contributed by atoms with Gasteiger partial charge in [-0.15, -0.1) is 0 Å². The molecule has 2 heteroatoms. The molecule has 0 aromatic carbocycles. The highest BCUT2D eigenvalue weighted by atomic mass is 15.1. The molecule has 2 saturated carbocycles. The molecule has 1 heterocycles. The summed E-state index contributed by atoms with van der Waals surface area (Å²) in [6.07, 6.45) is 5.79. The Balaban J connectivity index is 1.48. The van der Waals surface area contributed by atoms with Crippen LogP contribution in [0.5, 0.6) is 0 Å². The summed E-state index contributed by atoms with van der Waals surface area (Å²) in [5.41, 5.74) is 0.577. The van der Waals surface area contributed by atoms with E-state index >= 15 is 0 Å². The zero-order valence-electron chi connectivity index (χ0n) is 10.1. The Morgan fingerprint density at radius 1 is 1.33 bits per heavy atom. The second-order valence-electron chi connectivity index (χ2n) is 6.52. The molecule has 0 spiro atoms. The third kappa shape index (κ3) is 1.83. The maximum atomic E-state index is 3.74. The van der Waals surface area contributed by atoms with Gasteiger partial charge in [-0.05, 0) is 43.1 Å². The van der Waals surface area contributed by atoms with Crippen molar-refractivity contribution in [1.29, 1.82) is 0 Å². The van der Waals surface area contributed by atoms with Crippen LogP contribution in [0.1, 0.15) is 39.5 Å². The van der Waals surface area contributed by atoms with E-state index in [2.05, 4.69) is 24.5 Å². The standard InChI is InChI=1S/C13H24N2/c1-13(2)6-12(13)15-8-11-10-5-3-4-9(10)7-14-11/h9-12,14-15H,3-8H2,1-2H3. The first-order valence-electron chi connectivity index (χ1n) is 6.63. The molecule has 2 N–H and O–H groups in total. The van der Waals surface area contributed by atoms with Crippen LogP contribution in [0, 0.1) is 17.3 Å². The average molecular weight is 208 g/mol. The maximum absolute atomic E-state index is 3.74. The fourth-order valence-corrected chi connectivity index (χ4v) is 3.61. The van der Waals surface area contributed by atoms with Gasteiger partial charge in [-0.1, -0.05) is 20.3 Å². The van der Waals surface area contributed by atoms with E-state index in [4.69, 9.17) is 0 Å². The van der Waals surface area contributed by atoms with E-state index in [0.29, 0.717) is 5.41 Å². The number of rotatable bonds is 3. The summed E-state index contributed by atoms with van der Waals surface area (Å²) in [4.78, 5) is 0. The summed E-state index contributed by atoms with van der Waals surface area (Å²) in [6.45, 7) is 7.22. The lowest BCUT2D eigenvalue weighted by Gasteiger charge is -2.19. The van der Waals surface area contributed by atoms with Crippen molar-refractivity contribution in [2.45, 2.75) is 51.6 Å². The van der Waals surface area contributed by atoms with Crippen molar-refractivity contribution in [2.75, 3.05) is 13.1 Å². The average Bonchev–Trinajstić information content (AvgIpc) is 2.58. The van der Waals surface area contributed by atoms with Crippen LogP contribution in [0.3, 0.4) is 0 Å². The van der Waals surface area contributed by atoms with E-state index in [0.717, 1.165) is 23.9 Å². The first kappa shape index (κ1) is 10.1. The number of nitrogens with one attached hydrogen (secondary N) is 2. The second-order valence-corrected chi connectivity index (χ2v) is 6.52. The molecule has 1 saturated heterocycles. The van der Waals surface area contributed by atoms with Crippen molar-refractivity contribution in [1.82, 2.24) is 10.6 Å². The summed E-state index contributed by atoms with van der Waals surface area (Å²) in [6, 6.07) is 1.56. The minimum absolute atomic E-state index is 0.577. The number of hydrogen-bond donors (Lipinski definition) is 2. The van der Waals surface area contributed by atoms with E-state index < -0.39 is 0 Å². The summed E-state index contributed by atoms with van der Waals surface area (Å²) in [7, 11) is 0. The second kappa shape index (κ2) is 3.46. The molecule has 3 aliphatic rings. The highest BCUT2D eigenvalue weighted by Crippen LogP contribution is 2.45. The molecule has 2 aliphatic carbocycles. The minimum Gasteiger partial charge on any atom is -0.312 e. The van der Waals surface area contributed by atoms with Crippen molar-refractivity contribution in [3.63, 3.8) is 0 Å². The maximum Gasteiger partial charge on any atom is 0.0224 e. The molecule has 3 rings (SSSR count). The zero-order chi connectivity index (χ0) is 10.5. The summed E-state index contributed by atoms with van der Waals surface area (Å²) >= 11 is 0. The SMILES string of the molecule is CC1(C)CC1NCC1NCC2CCCC21. The van der Waals surface area contributed by atoms with Crippen molar-refractivity contribution in [3.8, 4) is 0 Å². The first-order chi connectivity index (χ1) is 7.17. The lowest BCUT2D eigenvalue weighted by Crippen LogP contribution is -2.39. The van der Waals surface area contributed by atoms with Crippen molar-refractivity contribution in [2.24, 2.45) is 17.3 Å². The predicted molar refractivity (Wildman–Crippen MR) is 62.8 cm³/mol. The molecule has 15 heavy (non-hydrogen) atoms. The van der Waals surface area contributed by atoms with Crippen LogP contribution in [0.2, 0.25) is 0 Å². The minimum atomic E-state index is 0.577. The molecule has 4 unspecified atom stereocenters. The van der Waals surface area contributed by atoms with Gasteiger partial charge in [0.1, 0.15) is 0 Å². The number of hydrogen-bond acceptors (Lipinski definition) is 2. The van der Waals surface area contributed by atoms with Crippen molar-refractivity contribution < 1.29 is 0 Å².